The Balaban J connectivity index is 1.63. The number of benzene rings is 2. The van der Waals surface area contributed by atoms with Gasteiger partial charge in [0.15, 0.2) is 11.6 Å². The van der Waals surface area contributed by atoms with E-state index in [0.717, 1.165) is 9.80 Å². The molecule has 12 nitrogen and oxygen atoms in total. The van der Waals surface area contributed by atoms with Gasteiger partial charge in [0.1, 0.15) is 36.7 Å². The molecule has 0 saturated heterocycles. The standard InChI is InChI=1S/C26H14N8O4/c35-23(15-7-3-1-4-8-15)33-19(21-29-11-27-12-30-21)17-18(25(33)37)20(22-31-13-28-14-32-22)34(26(17)38)24(36)16-9-5-2-6-10-16/h1-14H. The topological polar surface area (TPSA) is 152 Å². The Morgan fingerprint density at radius 1 is 0.526 bits per heavy atom. The molecule has 4 aromatic rings. The van der Waals surface area contributed by atoms with Crippen LogP contribution in [0.5, 0.6) is 0 Å². The van der Waals surface area contributed by atoms with Crippen LogP contribution in [0.15, 0.2) is 97.1 Å². The fourth-order valence-corrected chi connectivity index (χ4v) is 4.26. The second-order valence-electron chi connectivity index (χ2n) is 7.99. The van der Waals surface area contributed by atoms with Crippen molar-refractivity contribution in [2.75, 3.05) is 0 Å². The molecule has 0 aliphatic carbocycles. The molecule has 38 heavy (non-hydrogen) atoms. The number of hydrogen-bond donors (Lipinski definition) is 0. The molecule has 2 aromatic carbocycles. The summed E-state index contributed by atoms with van der Waals surface area (Å²) in [6.45, 7) is 0. The van der Waals surface area contributed by atoms with Crippen LogP contribution in [0.3, 0.4) is 0 Å². The van der Waals surface area contributed by atoms with Gasteiger partial charge >= 0.3 is 0 Å². The molecule has 6 rings (SSSR count). The summed E-state index contributed by atoms with van der Waals surface area (Å²) in [4.78, 5) is 80.8. The second-order valence-corrected chi connectivity index (χ2v) is 7.99. The average Bonchev–Trinajstić information content (AvgIpc) is 3.45. The number of imide groups is 2. The van der Waals surface area contributed by atoms with Crippen LogP contribution in [0.25, 0.3) is 11.4 Å². The number of fused-ring (bicyclic) bond motifs is 1. The maximum absolute atomic E-state index is 14.0. The number of carbonyl (C=O) groups is 4. The third-order valence-corrected chi connectivity index (χ3v) is 5.86. The zero-order valence-corrected chi connectivity index (χ0v) is 19.3. The zero-order valence-electron chi connectivity index (χ0n) is 19.3. The van der Waals surface area contributed by atoms with Gasteiger partial charge in [0.25, 0.3) is 23.6 Å². The summed E-state index contributed by atoms with van der Waals surface area (Å²) in [5.74, 6) is -3.30. The van der Waals surface area contributed by atoms with Crippen LogP contribution in [-0.2, 0) is 9.59 Å². The first-order chi connectivity index (χ1) is 18.6. The Morgan fingerprint density at radius 2 is 0.868 bits per heavy atom. The van der Waals surface area contributed by atoms with E-state index in [9.17, 15) is 19.2 Å². The molecule has 0 spiro atoms. The molecule has 0 fully saturated rings. The van der Waals surface area contributed by atoms with E-state index >= 15 is 0 Å². The lowest BCUT2D eigenvalue weighted by Crippen LogP contribution is -2.36. The van der Waals surface area contributed by atoms with Gasteiger partial charge in [-0.1, -0.05) is 36.4 Å². The first kappa shape index (κ1) is 22.7. The number of carbonyl (C=O) groups excluding carboxylic acids is 4. The first-order valence-corrected chi connectivity index (χ1v) is 11.2. The number of rotatable bonds is 4. The summed E-state index contributed by atoms with van der Waals surface area (Å²) < 4.78 is 0. The predicted molar refractivity (Wildman–Crippen MR) is 129 cm³/mol. The summed E-state index contributed by atoms with van der Waals surface area (Å²) in [7, 11) is 0. The summed E-state index contributed by atoms with van der Waals surface area (Å²) >= 11 is 0. The molecule has 0 bridgehead atoms. The summed E-state index contributed by atoms with van der Waals surface area (Å²) in [6, 6.07) is 16.2. The summed E-state index contributed by atoms with van der Waals surface area (Å²) in [5.41, 5.74) is -0.377. The van der Waals surface area contributed by atoms with E-state index in [1.165, 1.54) is 49.6 Å². The minimum atomic E-state index is -0.851. The first-order valence-electron chi connectivity index (χ1n) is 11.2. The Morgan fingerprint density at radius 3 is 1.21 bits per heavy atom. The van der Waals surface area contributed by atoms with Crippen LogP contribution in [-0.4, -0.2) is 63.3 Å². The molecule has 2 aliphatic rings. The molecule has 4 amide bonds. The molecular weight excluding hydrogens is 488 g/mol. The van der Waals surface area contributed by atoms with Crippen molar-refractivity contribution in [3.8, 4) is 0 Å². The molecule has 0 saturated carbocycles. The van der Waals surface area contributed by atoms with E-state index in [-0.39, 0.29) is 45.3 Å². The lowest BCUT2D eigenvalue weighted by Gasteiger charge is -2.22. The third kappa shape index (κ3) is 3.47. The van der Waals surface area contributed by atoms with E-state index < -0.39 is 23.6 Å². The highest BCUT2D eigenvalue weighted by atomic mass is 16.2. The SMILES string of the molecule is O=C1C2=C(c3ncncn3)N(C(=O)c3ccccc3)C(=O)C2=C(c2ncncn2)N1C(=O)c1ccccc1. The van der Waals surface area contributed by atoms with Crippen LogP contribution >= 0.6 is 0 Å². The number of nitrogens with zero attached hydrogens (tertiary/aromatic N) is 8. The van der Waals surface area contributed by atoms with Crippen LogP contribution in [0, 0.1) is 0 Å². The van der Waals surface area contributed by atoms with Crippen molar-refractivity contribution in [1.82, 2.24) is 39.7 Å². The predicted octanol–water partition coefficient (Wildman–Crippen LogP) is 1.54. The molecule has 2 aromatic heterocycles. The molecule has 2 aliphatic heterocycles. The third-order valence-electron chi connectivity index (χ3n) is 5.86. The molecule has 12 heteroatoms. The number of aromatic nitrogens is 6. The highest BCUT2D eigenvalue weighted by Gasteiger charge is 2.54. The minimum Gasteiger partial charge on any atom is -0.268 e. The van der Waals surface area contributed by atoms with Gasteiger partial charge in [0, 0.05) is 11.1 Å². The van der Waals surface area contributed by atoms with Gasteiger partial charge in [0.05, 0.1) is 11.1 Å². The highest BCUT2D eigenvalue weighted by molar-refractivity contribution is 6.37. The van der Waals surface area contributed by atoms with Crippen molar-refractivity contribution >= 4 is 35.0 Å². The van der Waals surface area contributed by atoms with E-state index in [1.54, 1.807) is 36.4 Å². The lowest BCUT2D eigenvalue weighted by molar-refractivity contribution is -0.122. The van der Waals surface area contributed by atoms with Gasteiger partial charge in [-0.15, -0.1) is 0 Å². The van der Waals surface area contributed by atoms with Crippen molar-refractivity contribution in [2.24, 2.45) is 0 Å². The molecule has 0 N–H and O–H groups in total. The monoisotopic (exact) mass is 502 g/mol. The van der Waals surface area contributed by atoms with Gasteiger partial charge in [-0.05, 0) is 24.3 Å². The van der Waals surface area contributed by atoms with Crippen molar-refractivity contribution < 1.29 is 19.2 Å². The Hall–Kier alpha value is -5.78. The average molecular weight is 502 g/mol. The summed E-state index contributed by atoms with van der Waals surface area (Å²) in [6.07, 6.45) is 4.69. The lowest BCUT2D eigenvalue weighted by atomic mass is 10.1. The quantitative estimate of drug-likeness (QED) is 0.376. The van der Waals surface area contributed by atoms with Crippen LogP contribution in [0.4, 0.5) is 0 Å². The summed E-state index contributed by atoms with van der Waals surface area (Å²) in [5, 5.41) is 0. The van der Waals surface area contributed by atoms with Crippen LogP contribution in [0.2, 0.25) is 0 Å². The van der Waals surface area contributed by atoms with Crippen LogP contribution < -0.4 is 0 Å². The van der Waals surface area contributed by atoms with Gasteiger partial charge in [-0.2, -0.15) is 0 Å². The molecule has 0 unspecified atom stereocenters. The second kappa shape index (κ2) is 9.02. The Labute approximate surface area is 214 Å². The molecule has 182 valence electrons. The Kier molecular flexibility index (Phi) is 5.38. The van der Waals surface area contributed by atoms with Crippen molar-refractivity contribution in [2.45, 2.75) is 0 Å². The Bertz CT molecular complexity index is 1550. The van der Waals surface area contributed by atoms with Crippen molar-refractivity contribution in [3.05, 3.63) is 120 Å². The van der Waals surface area contributed by atoms with Gasteiger partial charge in [-0.25, -0.2) is 39.7 Å². The smallest absolute Gasteiger partial charge is 0.268 e. The highest BCUT2D eigenvalue weighted by Crippen LogP contribution is 2.46. The number of amides is 4. The molecule has 0 radical (unpaired) electrons. The molecule has 4 heterocycles. The van der Waals surface area contributed by atoms with E-state index in [4.69, 9.17) is 0 Å². The molecular formula is C26H14N8O4. The maximum atomic E-state index is 14.0. The fraction of sp³-hybridized carbons (Fsp3) is 0. The molecule has 0 atom stereocenters. The van der Waals surface area contributed by atoms with Gasteiger partial charge < -0.3 is 0 Å². The van der Waals surface area contributed by atoms with Gasteiger partial charge in [0.2, 0.25) is 0 Å². The fourth-order valence-electron chi connectivity index (χ4n) is 4.26. The van der Waals surface area contributed by atoms with Crippen LogP contribution in [0.1, 0.15) is 32.4 Å². The van der Waals surface area contributed by atoms with E-state index in [1.807, 2.05) is 0 Å². The largest absolute Gasteiger partial charge is 0.268 e. The van der Waals surface area contributed by atoms with Gasteiger partial charge in [-0.3, -0.25) is 19.2 Å². The minimum absolute atomic E-state index is 0.0972. The maximum Gasteiger partial charge on any atom is 0.268 e. The zero-order chi connectivity index (χ0) is 26.2. The normalized spacial score (nSPS) is 14.8. The van der Waals surface area contributed by atoms with E-state index in [0.29, 0.717) is 0 Å². The number of hydrogen-bond acceptors (Lipinski definition) is 10. The van der Waals surface area contributed by atoms with Crippen molar-refractivity contribution in [1.29, 1.82) is 0 Å². The van der Waals surface area contributed by atoms with E-state index in [2.05, 4.69) is 29.9 Å². The van der Waals surface area contributed by atoms with Crippen molar-refractivity contribution in [3.63, 3.8) is 0 Å².